The maximum atomic E-state index is 12.8. The van der Waals surface area contributed by atoms with E-state index in [1.54, 1.807) is 30.2 Å². The Labute approximate surface area is 171 Å². The summed E-state index contributed by atoms with van der Waals surface area (Å²) >= 11 is 0. The standard InChI is InChI=1S/C21H27NO6S/c1-27-19-8-4-5-16(13-19)9-10-21(24)28-14-20(23)22(17-6-2-3-7-17)18-11-12-29(25,26)15-18/h4-5,8-10,13,17-18H,2-3,6-7,11-12,14-15H2,1H3/b10-9+. The number of esters is 1. The van der Waals surface area contributed by atoms with Crippen LogP contribution < -0.4 is 4.74 Å². The normalized spacial score (nSPS) is 21.3. The maximum Gasteiger partial charge on any atom is 0.331 e. The van der Waals surface area contributed by atoms with Crippen molar-refractivity contribution in [2.75, 3.05) is 25.2 Å². The van der Waals surface area contributed by atoms with Gasteiger partial charge in [-0.3, -0.25) is 4.79 Å². The lowest BCUT2D eigenvalue weighted by Gasteiger charge is -2.33. The van der Waals surface area contributed by atoms with E-state index in [1.807, 2.05) is 12.1 Å². The van der Waals surface area contributed by atoms with Crippen LogP contribution in [0.1, 0.15) is 37.7 Å². The van der Waals surface area contributed by atoms with Gasteiger partial charge in [0.05, 0.1) is 18.6 Å². The number of nitrogens with zero attached hydrogens (tertiary/aromatic N) is 1. The highest BCUT2D eigenvalue weighted by atomic mass is 32.2. The number of benzene rings is 1. The van der Waals surface area contributed by atoms with Gasteiger partial charge >= 0.3 is 5.97 Å². The van der Waals surface area contributed by atoms with Gasteiger partial charge in [-0.1, -0.05) is 25.0 Å². The quantitative estimate of drug-likeness (QED) is 0.495. The first-order valence-electron chi connectivity index (χ1n) is 9.88. The molecule has 1 saturated carbocycles. The lowest BCUT2D eigenvalue weighted by atomic mass is 10.1. The maximum absolute atomic E-state index is 12.8. The Morgan fingerprint density at radius 2 is 1.93 bits per heavy atom. The highest BCUT2D eigenvalue weighted by Crippen LogP contribution is 2.29. The van der Waals surface area contributed by atoms with Crippen molar-refractivity contribution >= 4 is 27.8 Å². The Morgan fingerprint density at radius 1 is 1.17 bits per heavy atom. The van der Waals surface area contributed by atoms with Gasteiger partial charge in [-0.15, -0.1) is 0 Å². The van der Waals surface area contributed by atoms with Gasteiger partial charge in [0.25, 0.3) is 5.91 Å². The second kappa shape index (κ2) is 9.43. The van der Waals surface area contributed by atoms with E-state index >= 15 is 0 Å². The fourth-order valence-electron chi connectivity index (χ4n) is 4.05. The second-order valence-corrected chi connectivity index (χ2v) is 9.74. The van der Waals surface area contributed by atoms with E-state index in [9.17, 15) is 18.0 Å². The molecule has 0 spiro atoms. The second-order valence-electron chi connectivity index (χ2n) is 7.51. The van der Waals surface area contributed by atoms with E-state index in [4.69, 9.17) is 9.47 Å². The van der Waals surface area contributed by atoms with Crippen LogP contribution >= 0.6 is 0 Å². The molecule has 1 amide bonds. The minimum Gasteiger partial charge on any atom is -0.497 e. The first-order valence-corrected chi connectivity index (χ1v) is 11.7. The monoisotopic (exact) mass is 421 g/mol. The van der Waals surface area contributed by atoms with Crippen molar-refractivity contribution < 1.29 is 27.5 Å². The molecule has 1 aliphatic heterocycles. The van der Waals surface area contributed by atoms with E-state index in [-0.39, 0.29) is 36.1 Å². The zero-order chi connectivity index (χ0) is 20.9. The molecule has 158 valence electrons. The predicted octanol–water partition coefficient (Wildman–Crippen LogP) is 2.21. The number of hydrogen-bond acceptors (Lipinski definition) is 6. The first kappa shape index (κ1) is 21.4. The largest absolute Gasteiger partial charge is 0.497 e. The molecule has 0 aromatic heterocycles. The molecular formula is C21H27NO6S. The zero-order valence-corrected chi connectivity index (χ0v) is 17.4. The highest BCUT2D eigenvalue weighted by molar-refractivity contribution is 7.91. The lowest BCUT2D eigenvalue weighted by molar-refractivity contribution is -0.150. The average Bonchev–Trinajstić information content (AvgIpc) is 3.35. The van der Waals surface area contributed by atoms with Gasteiger partial charge in [-0.25, -0.2) is 13.2 Å². The van der Waals surface area contributed by atoms with Crippen LogP contribution in [0.15, 0.2) is 30.3 Å². The third kappa shape index (κ3) is 5.82. The van der Waals surface area contributed by atoms with E-state index in [2.05, 4.69) is 0 Å². The molecule has 1 aliphatic carbocycles. The van der Waals surface area contributed by atoms with Gasteiger partial charge in [0.1, 0.15) is 5.75 Å². The number of hydrogen-bond donors (Lipinski definition) is 0. The van der Waals surface area contributed by atoms with Crippen molar-refractivity contribution in [2.45, 2.75) is 44.2 Å². The summed E-state index contributed by atoms with van der Waals surface area (Å²) in [7, 11) is -1.54. The van der Waals surface area contributed by atoms with Crippen LogP contribution in [0.2, 0.25) is 0 Å². The summed E-state index contributed by atoms with van der Waals surface area (Å²) in [5.74, 6) is -0.154. The molecule has 1 unspecified atom stereocenters. The topological polar surface area (TPSA) is 90.0 Å². The number of sulfone groups is 1. The third-order valence-corrected chi connectivity index (χ3v) is 7.20. The Bertz CT molecular complexity index is 873. The number of amides is 1. The number of ether oxygens (including phenoxy) is 2. The van der Waals surface area contributed by atoms with E-state index in [0.717, 1.165) is 31.2 Å². The summed E-state index contributed by atoms with van der Waals surface area (Å²) in [5.41, 5.74) is 0.774. The van der Waals surface area contributed by atoms with E-state index < -0.39 is 15.8 Å². The van der Waals surface area contributed by atoms with Crippen molar-refractivity contribution in [1.82, 2.24) is 4.90 Å². The van der Waals surface area contributed by atoms with Crippen LogP contribution in [0.5, 0.6) is 5.75 Å². The van der Waals surface area contributed by atoms with Gasteiger partial charge < -0.3 is 14.4 Å². The molecule has 1 saturated heterocycles. The molecule has 1 atom stereocenters. The van der Waals surface area contributed by atoms with Crippen molar-refractivity contribution in [3.05, 3.63) is 35.9 Å². The van der Waals surface area contributed by atoms with Crippen LogP contribution in [-0.4, -0.2) is 62.5 Å². The zero-order valence-electron chi connectivity index (χ0n) is 16.6. The SMILES string of the molecule is COc1cccc(/C=C/C(=O)OCC(=O)N(C2CCCC2)C2CCS(=O)(=O)C2)c1. The van der Waals surface area contributed by atoms with Crippen molar-refractivity contribution in [3.63, 3.8) is 0 Å². The smallest absolute Gasteiger partial charge is 0.331 e. The molecule has 1 aromatic carbocycles. The molecule has 7 nitrogen and oxygen atoms in total. The van der Waals surface area contributed by atoms with Crippen LogP contribution in [0, 0.1) is 0 Å². The van der Waals surface area contributed by atoms with Gasteiger partial charge in [-0.05, 0) is 43.0 Å². The molecule has 2 aliphatic rings. The number of carbonyl (C=O) groups is 2. The molecule has 1 aromatic rings. The average molecular weight is 422 g/mol. The lowest BCUT2D eigenvalue weighted by Crippen LogP contribution is -2.48. The minimum atomic E-state index is -3.10. The van der Waals surface area contributed by atoms with Crippen molar-refractivity contribution in [2.24, 2.45) is 0 Å². The molecule has 0 bridgehead atoms. The Hall–Kier alpha value is -2.35. The minimum absolute atomic E-state index is 0.00106. The summed E-state index contributed by atoms with van der Waals surface area (Å²) < 4.78 is 34.0. The van der Waals surface area contributed by atoms with Gasteiger partial charge in [-0.2, -0.15) is 0 Å². The fourth-order valence-corrected chi connectivity index (χ4v) is 5.76. The van der Waals surface area contributed by atoms with Gasteiger partial charge in [0.2, 0.25) is 0 Å². The van der Waals surface area contributed by atoms with E-state index in [0.29, 0.717) is 12.2 Å². The molecule has 0 N–H and O–H groups in total. The fraction of sp³-hybridized carbons (Fsp3) is 0.524. The molecular weight excluding hydrogens is 394 g/mol. The predicted molar refractivity (Wildman–Crippen MR) is 109 cm³/mol. The van der Waals surface area contributed by atoms with Gasteiger partial charge in [0, 0.05) is 18.2 Å². The van der Waals surface area contributed by atoms with Crippen LogP contribution in [0.4, 0.5) is 0 Å². The number of rotatable bonds is 7. The Balaban J connectivity index is 1.59. The van der Waals surface area contributed by atoms with Crippen LogP contribution in [0.25, 0.3) is 6.08 Å². The summed E-state index contributed by atoms with van der Waals surface area (Å²) in [4.78, 5) is 26.5. The summed E-state index contributed by atoms with van der Waals surface area (Å²) in [5, 5.41) is 0. The summed E-state index contributed by atoms with van der Waals surface area (Å²) in [6.45, 7) is -0.381. The molecule has 0 radical (unpaired) electrons. The first-order chi connectivity index (χ1) is 13.9. The molecule has 29 heavy (non-hydrogen) atoms. The van der Waals surface area contributed by atoms with Gasteiger partial charge in [0.15, 0.2) is 16.4 Å². The third-order valence-electron chi connectivity index (χ3n) is 5.45. The van der Waals surface area contributed by atoms with E-state index in [1.165, 1.54) is 6.08 Å². The van der Waals surface area contributed by atoms with Crippen molar-refractivity contribution in [3.8, 4) is 5.75 Å². The Morgan fingerprint density at radius 3 is 2.59 bits per heavy atom. The molecule has 3 rings (SSSR count). The van der Waals surface area contributed by atoms with Crippen LogP contribution in [-0.2, 0) is 24.2 Å². The summed E-state index contributed by atoms with van der Waals surface area (Å²) in [6, 6.07) is 6.92. The number of carbonyl (C=O) groups excluding carboxylic acids is 2. The molecule has 2 fully saturated rings. The molecule has 1 heterocycles. The number of methoxy groups -OCH3 is 1. The van der Waals surface area contributed by atoms with Crippen LogP contribution in [0.3, 0.4) is 0 Å². The Kier molecular flexibility index (Phi) is 6.95. The van der Waals surface area contributed by atoms with Crippen molar-refractivity contribution in [1.29, 1.82) is 0 Å². The highest BCUT2D eigenvalue weighted by Gasteiger charge is 2.39. The summed E-state index contributed by atoms with van der Waals surface area (Å²) in [6.07, 6.45) is 7.09. The molecule has 8 heteroatoms.